The monoisotopic (exact) mass is 226 g/mol. The summed E-state index contributed by atoms with van der Waals surface area (Å²) < 4.78 is 0. The van der Waals surface area contributed by atoms with Crippen LogP contribution in [0.5, 0.6) is 0 Å². The molecule has 16 heavy (non-hydrogen) atoms. The Balaban J connectivity index is 1.76. The fourth-order valence-corrected chi connectivity index (χ4v) is 2.99. The van der Waals surface area contributed by atoms with Gasteiger partial charge >= 0.3 is 5.97 Å². The Labute approximate surface area is 97.0 Å². The normalized spacial score (nSPS) is 31.8. The molecule has 0 bridgehead atoms. The van der Waals surface area contributed by atoms with E-state index in [0.717, 1.165) is 32.1 Å². The average Bonchev–Trinajstić information content (AvgIpc) is 2.80. The second-order valence-electron chi connectivity index (χ2n) is 5.05. The molecule has 2 aliphatic heterocycles. The lowest BCUT2D eigenvalue weighted by molar-refractivity contribution is -0.137. The van der Waals surface area contributed by atoms with E-state index < -0.39 is 5.97 Å². The smallest absolute Gasteiger partial charge is 0.304 e. The molecule has 0 aromatic rings. The predicted molar refractivity (Wildman–Crippen MR) is 62.4 cm³/mol. The van der Waals surface area contributed by atoms with Crippen molar-refractivity contribution in [3.8, 4) is 0 Å². The van der Waals surface area contributed by atoms with Gasteiger partial charge in [-0.2, -0.15) is 0 Å². The number of likely N-dealkylation sites (tertiary alicyclic amines) is 1. The number of piperidine rings is 1. The number of hydrogen-bond donors (Lipinski definition) is 2. The van der Waals surface area contributed by atoms with Gasteiger partial charge < -0.3 is 15.3 Å². The lowest BCUT2D eigenvalue weighted by atomic mass is 9.90. The van der Waals surface area contributed by atoms with Crippen LogP contribution in [0.15, 0.2) is 0 Å². The third kappa shape index (κ3) is 3.19. The fraction of sp³-hybridized carbons (Fsp3) is 0.917. The molecule has 0 aromatic heterocycles. The highest BCUT2D eigenvalue weighted by Crippen LogP contribution is 2.24. The first-order valence-corrected chi connectivity index (χ1v) is 6.43. The van der Waals surface area contributed by atoms with E-state index in [1.165, 1.54) is 25.7 Å². The second-order valence-corrected chi connectivity index (χ2v) is 5.05. The molecule has 2 N–H and O–H groups in total. The third-order valence-corrected chi connectivity index (χ3v) is 3.85. The number of carboxylic acid groups (broad SMARTS) is 1. The Morgan fingerprint density at radius 2 is 2.25 bits per heavy atom. The molecule has 2 rings (SSSR count). The molecule has 0 spiro atoms. The highest BCUT2D eigenvalue weighted by atomic mass is 16.4. The van der Waals surface area contributed by atoms with Crippen molar-refractivity contribution in [1.29, 1.82) is 0 Å². The number of carbonyl (C=O) groups is 1. The van der Waals surface area contributed by atoms with Crippen molar-refractivity contribution < 1.29 is 9.90 Å². The topological polar surface area (TPSA) is 52.6 Å². The Bertz CT molecular complexity index is 239. The van der Waals surface area contributed by atoms with Crippen molar-refractivity contribution in [2.75, 3.05) is 26.2 Å². The van der Waals surface area contributed by atoms with Gasteiger partial charge in [0.2, 0.25) is 0 Å². The van der Waals surface area contributed by atoms with E-state index in [2.05, 4.69) is 10.2 Å². The molecule has 0 aromatic carbocycles. The summed E-state index contributed by atoms with van der Waals surface area (Å²) in [4.78, 5) is 12.9. The van der Waals surface area contributed by atoms with Crippen LogP contribution in [0.4, 0.5) is 0 Å². The van der Waals surface area contributed by atoms with Crippen LogP contribution >= 0.6 is 0 Å². The maximum atomic E-state index is 10.5. The summed E-state index contributed by atoms with van der Waals surface area (Å²) in [6.45, 7) is 4.05. The van der Waals surface area contributed by atoms with Gasteiger partial charge in [0.15, 0.2) is 0 Å². The minimum atomic E-state index is -0.680. The summed E-state index contributed by atoms with van der Waals surface area (Å²) >= 11 is 0. The van der Waals surface area contributed by atoms with E-state index >= 15 is 0 Å². The van der Waals surface area contributed by atoms with Gasteiger partial charge in [-0.3, -0.25) is 4.79 Å². The lowest BCUT2D eigenvalue weighted by Crippen LogP contribution is -2.44. The molecule has 2 aliphatic rings. The van der Waals surface area contributed by atoms with Crippen LogP contribution in [0.3, 0.4) is 0 Å². The maximum absolute atomic E-state index is 10.5. The van der Waals surface area contributed by atoms with Crippen LogP contribution in [0.25, 0.3) is 0 Å². The zero-order chi connectivity index (χ0) is 11.4. The lowest BCUT2D eigenvalue weighted by Gasteiger charge is -2.35. The van der Waals surface area contributed by atoms with Gasteiger partial charge in [-0.15, -0.1) is 0 Å². The molecule has 2 fully saturated rings. The molecule has 0 radical (unpaired) electrons. The average molecular weight is 226 g/mol. The number of rotatable bonds is 4. The predicted octanol–water partition coefficient (Wildman–Crippen LogP) is 0.925. The highest BCUT2D eigenvalue weighted by molar-refractivity contribution is 5.66. The number of hydrogen-bond acceptors (Lipinski definition) is 3. The molecule has 0 amide bonds. The second kappa shape index (κ2) is 5.64. The van der Waals surface area contributed by atoms with E-state index in [1.54, 1.807) is 0 Å². The molecule has 2 saturated heterocycles. The minimum absolute atomic E-state index is 0.283. The van der Waals surface area contributed by atoms with Crippen molar-refractivity contribution in [1.82, 2.24) is 10.2 Å². The Morgan fingerprint density at radius 1 is 1.38 bits per heavy atom. The van der Waals surface area contributed by atoms with Crippen LogP contribution in [0.2, 0.25) is 0 Å². The quantitative estimate of drug-likeness (QED) is 0.748. The van der Waals surface area contributed by atoms with E-state index in [0.29, 0.717) is 6.04 Å². The zero-order valence-electron chi connectivity index (χ0n) is 9.82. The van der Waals surface area contributed by atoms with Crippen molar-refractivity contribution in [3.05, 3.63) is 0 Å². The van der Waals surface area contributed by atoms with Gasteiger partial charge in [-0.25, -0.2) is 0 Å². The first-order chi connectivity index (χ1) is 7.75. The van der Waals surface area contributed by atoms with E-state index in [9.17, 15) is 4.79 Å². The SMILES string of the molecule is O=C(O)CCN1CCCC(C2CCCN2)C1. The number of carboxylic acids is 1. The van der Waals surface area contributed by atoms with Crippen LogP contribution in [-0.4, -0.2) is 48.2 Å². The summed E-state index contributed by atoms with van der Waals surface area (Å²) in [5, 5.41) is 12.3. The number of aliphatic carboxylic acids is 1. The van der Waals surface area contributed by atoms with Crippen LogP contribution in [0.1, 0.15) is 32.1 Å². The van der Waals surface area contributed by atoms with Crippen LogP contribution in [-0.2, 0) is 4.79 Å². The Morgan fingerprint density at radius 3 is 2.94 bits per heavy atom. The number of nitrogens with one attached hydrogen (secondary N) is 1. The summed E-state index contributed by atoms with van der Waals surface area (Å²) in [6.07, 6.45) is 5.42. The van der Waals surface area contributed by atoms with Gasteiger partial charge in [-0.1, -0.05) is 0 Å². The molecule has 2 atom stereocenters. The van der Waals surface area contributed by atoms with Crippen molar-refractivity contribution in [3.63, 3.8) is 0 Å². The van der Waals surface area contributed by atoms with Gasteiger partial charge in [0.1, 0.15) is 0 Å². The molecule has 2 unspecified atom stereocenters. The third-order valence-electron chi connectivity index (χ3n) is 3.85. The van der Waals surface area contributed by atoms with E-state index in [-0.39, 0.29) is 6.42 Å². The zero-order valence-corrected chi connectivity index (χ0v) is 9.82. The van der Waals surface area contributed by atoms with Crippen molar-refractivity contribution in [2.45, 2.75) is 38.1 Å². The first-order valence-electron chi connectivity index (χ1n) is 6.43. The van der Waals surface area contributed by atoms with Crippen molar-refractivity contribution in [2.24, 2.45) is 5.92 Å². The largest absolute Gasteiger partial charge is 0.481 e. The first kappa shape index (κ1) is 11.9. The molecule has 0 saturated carbocycles. The molecule has 0 aliphatic carbocycles. The minimum Gasteiger partial charge on any atom is -0.481 e. The Hall–Kier alpha value is -0.610. The molecule has 4 nitrogen and oxygen atoms in total. The molecule has 2 heterocycles. The molecule has 4 heteroatoms. The van der Waals surface area contributed by atoms with E-state index in [4.69, 9.17) is 5.11 Å². The van der Waals surface area contributed by atoms with Gasteiger partial charge in [0.25, 0.3) is 0 Å². The summed E-state index contributed by atoms with van der Waals surface area (Å²) in [5.74, 6) is 0.0613. The van der Waals surface area contributed by atoms with E-state index in [1.807, 2.05) is 0 Å². The van der Waals surface area contributed by atoms with Crippen LogP contribution < -0.4 is 5.32 Å². The summed E-state index contributed by atoms with van der Waals surface area (Å²) in [5.41, 5.74) is 0. The fourth-order valence-electron chi connectivity index (χ4n) is 2.99. The number of nitrogens with zero attached hydrogens (tertiary/aromatic N) is 1. The molecule has 92 valence electrons. The standard InChI is InChI=1S/C12H22N2O2/c15-12(16)5-8-14-7-2-3-10(9-14)11-4-1-6-13-11/h10-11,13H,1-9H2,(H,15,16). The molecular formula is C12H22N2O2. The van der Waals surface area contributed by atoms with Gasteiger partial charge in [0.05, 0.1) is 6.42 Å². The Kier molecular flexibility index (Phi) is 4.18. The van der Waals surface area contributed by atoms with Crippen molar-refractivity contribution >= 4 is 5.97 Å². The summed E-state index contributed by atoms with van der Waals surface area (Å²) in [6, 6.07) is 0.688. The summed E-state index contributed by atoms with van der Waals surface area (Å²) in [7, 11) is 0. The highest BCUT2D eigenvalue weighted by Gasteiger charge is 2.28. The van der Waals surface area contributed by atoms with Gasteiger partial charge in [0, 0.05) is 19.1 Å². The molecular weight excluding hydrogens is 204 g/mol. The maximum Gasteiger partial charge on any atom is 0.304 e. The van der Waals surface area contributed by atoms with Gasteiger partial charge in [-0.05, 0) is 44.7 Å². The van der Waals surface area contributed by atoms with Crippen LogP contribution in [0, 0.1) is 5.92 Å².